The zero-order valence-corrected chi connectivity index (χ0v) is 11.6. The number of rotatable bonds is 2. The van der Waals surface area contributed by atoms with Crippen molar-refractivity contribution in [2.45, 2.75) is 25.9 Å². The van der Waals surface area contributed by atoms with Gasteiger partial charge >= 0.3 is 6.03 Å². The van der Waals surface area contributed by atoms with E-state index in [0.717, 1.165) is 10.9 Å². The van der Waals surface area contributed by atoms with Crippen LogP contribution in [0.2, 0.25) is 0 Å². The molecule has 5 heteroatoms. The Bertz CT molecular complexity index is 674. The molecule has 0 fully saturated rings. The fraction of sp³-hybridized carbons (Fsp3) is 0.286. The summed E-state index contributed by atoms with van der Waals surface area (Å²) in [4.78, 5) is 17.6. The van der Waals surface area contributed by atoms with Crippen molar-refractivity contribution in [3.8, 4) is 0 Å². The first kappa shape index (κ1) is 12.2. The molecule has 2 amide bonds. The minimum atomic E-state index is -0.243. The molecule has 2 aromatic rings. The van der Waals surface area contributed by atoms with Crippen LogP contribution in [0.1, 0.15) is 25.5 Å². The van der Waals surface area contributed by atoms with Gasteiger partial charge in [0.05, 0.1) is 0 Å². The second kappa shape index (κ2) is 4.35. The van der Waals surface area contributed by atoms with Crippen LogP contribution in [0.5, 0.6) is 0 Å². The van der Waals surface area contributed by atoms with E-state index in [1.165, 1.54) is 4.70 Å². The van der Waals surface area contributed by atoms with Crippen molar-refractivity contribution in [2.75, 3.05) is 0 Å². The summed E-state index contributed by atoms with van der Waals surface area (Å²) in [6.07, 6.45) is 0. The summed E-state index contributed by atoms with van der Waals surface area (Å²) in [7, 11) is 0. The Morgan fingerprint density at radius 3 is 2.84 bits per heavy atom. The summed E-state index contributed by atoms with van der Waals surface area (Å²) < 4.78 is 1.20. The number of nitrogens with two attached hydrogens (primary N) is 1. The number of benzene rings is 1. The standard InChI is InChI=1S/C14H15N3OS/c1-8(2)17-12(13(15)16-14(17)18)10-7-19-11-6-4-3-5-9(10)11/h3-8,12H,1-2H3,(H2,15,16,18). The van der Waals surface area contributed by atoms with Crippen molar-refractivity contribution >= 4 is 33.3 Å². The van der Waals surface area contributed by atoms with Gasteiger partial charge in [-0.1, -0.05) is 18.2 Å². The molecule has 0 spiro atoms. The lowest BCUT2D eigenvalue weighted by atomic mass is 10.0. The fourth-order valence-corrected chi connectivity index (χ4v) is 3.50. The number of urea groups is 1. The van der Waals surface area contributed by atoms with Gasteiger partial charge < -0.3 is 10.6 Å². The number of carbonyl (C=O) groups excluding carboxylic acids is 1. The highest BCUT2D eigenvalue weighted by atomic mass is 32.1. The van der Waals surface area contributed by atoms with E-state index in [2.05, 4.69) is 22.5 Å². The van der Waals surface area contributed by atoms with Crippen molar-refractivity contribution in [3.05, 3.63) is 35.2 Å². The van der Waals surface area contributed by atoms with Gasteiger partial charge in [0.2, 0.25) is 0 Å². The topological polar surface area (TPSA) is 58.7 Å². The lowest BCUT2D eigenvalue weighted by Gasteiger charge is -2.27. The van der Waals surface area contributed by atoms with Gasteiger partial charge in [0, 0.05) is 16.3 Å². The normalized spacial score (nSPS) is 19.5. The maximum Gasteiger partial charge on any atom is 0.346 e. The van der Waals surface area contributed by atoms with E-state index in [1.807, 2.05) is 26.0 Å². The highest BCUT2D eigenvalue weighted by Gasteiger charge is 2.37. The highest BCUT2D eigenvalue weighted by molar-refractivity contribution is 7.17. The SMILES string of the molecule is CC(C)N1C(=O)N=C(N)C1c1csc2ccccc12. The first-order valence-electron chi connectivity index (χ1n) is 6.22. The minimum absolute atomic E-state index is 0.0703. The predicted octanol–water partition coefficient (Wildman–Crippen LogP) is 3.14. The van der Waals surface area contributed by atoms with E-state index in [1.54, 1.807) is 16.2 Å². The van der Waals surface area contributed by atoms with E-state index in [9.17, 15) is 4.79 Å². The molecule has 0 radical (unpaired) electrons. The third kappa shape index (κ3) is 1.81. The van der Waals surface area contributed by atoms with E-state index < -0.39 is 0 Å². The molecular formula is C14H15N3OS. The summed E-state index contributed by atoms with van der Waals surface area (Å²) in [6, 6.07) is 7.75. The zero-order chi connectivity index (χ0) is 13.6. The predicted molar refractivity (Wildman–Crippen MR) is 78.6 cm³/mol. The number of nitrogens with zero attached hydrogens (tertiary/aromatic N) is 2. The van der Waals surface area contributed by atoms with Crippen molar-refractivity contribution in [1.29, 1.82) is 0 Å². The van der Waals surface area contributed by atoms with Gasteiger partial charge in [-0.15, -0.1) is 11.3 Å². The second-order valence-electron chi connectivity index (χ2n) is 4.91. The van der Waals surface area contributed by atoms with Crippen LogP contribution in [0.4, 0.5) is 4.79 Å². The van der Waals surface area contributed by atoms with Crippen molar-refractivity contribution in [2.24, 2.45) is 10.7 Å². The van der Waals surface area contributed by atoms with Gasteiger partial charge in [-0.2, -0.15) is 4.99 Å². The van der Waals surface area contributed by atoms with Gasteiger partial charge in [-0.3, -0.25) is 0 Å². The Balaban J connectivity index is 2.14. The lowest BCUT2D eigenvalue weighted by Crippen LogP contribution is -2.38. The number of carbonyl (C=O) groups is 1. The van der Waals surface area contributed by atoms with Gasteiger partial charge in [-0.05, 0) is 30.7 Å². The summed E-state index contributed by atoms with van der Waals surface area (Å²) in [6.45, 7) is 3.96. The Morgan fingerprint density at radius 1 is 1.37 bits per heavy atom. The van der Waals surface area contributed by atoms with Gasteiger partial charge in [-0.25, -0.2) is 4.79 Å². The number of amides is 2. The maximum atomic E-state index is 11.9. The van der Waals surface area contributed by atoms with Crippen LogP contribution in [0.15, 0.2) is 34.6 Å². The first-order valence-corrected chi connectivity index (χ1v) is 7.10. The molecule has 98 valence electrons. The number of aliphatic imine (C=N–C) groups is 1. The average molecular weight is 273 g/mol. The average Bonchev–Trinajstić information content (AvgIpc) is 2.89. The fourth-order valence-electron chi connectivity index (χ4n) is 2.52. The van der Waals surface area contributed by atoms with Crippen LogP contribution in [-0.4, -0.2) is 22.8 Å². The molecule has 0 aliphatic carbocycles. The molecule has 1 atom stereocenters. The van der Waals surface area contributed by atoms with Gasteiger partial charge in [0.15, 0.2) is 0 Å². The molecule has 0 saturated heterocycles. The third-order valence-electron chi connectivity index (χ3n) is 3.37. The second-order valence-corrected chi connectivity index (χ2v) is 5.82. The molecular weight excluding hydrogens is 258 g/mol. The van der Waals surface area contributed by atoms with E-state index in [-0.39, 0.29) is 18.1 Å². The summed E-state index contributed by atoms with van der Waals surface area (Å²) in [5.74, 6) is 0.391. The lowest BCUT2D eigenvalue weighted by molar-refractivity contribution is 0.191. The van der Waals surface area contributed by atoms with Crippen molar-refractivity contribution in [1.82, 2.24) is 4.90 Å². The Kier molecular flexibility index (Phi) is 2.78. The van der Waals surface area contributed by atoms with E-state index in [4.69, 9.17) is 5.73 Å². The third-order valence-corrected chi connectivity index (χ3v) is 4.35. The van der Waals surface area contributed by atoms with Gasteiger partial charge in [0.1, 0.15) is 11.9 Å². The van der Waals surface area contributed by atoms with Crippen molar-refractivity contribution in [3.63, 3.8) is 0 Å². The molecule has 2 N–H and O–H groups in total. The molecule has 1 aliphatic rings. The monoisotopic (exact) mass is 273 g/mol. The van der Waals surface area contributed by atoms with Crippen LogP contribution in [0.3, 0.4) is 0 Å². The largest absolute Gasteiger partial charge is 0.385 e. The maximum absolute atomic E-state index is 11.9. The minimum Gasteiger partial charge on any atom is -0.385 e. The van der Waals surface area contributed by atoms with Gasteiger partial charge in [0.25, 0.3) is 0 Å². The number of amidine groups is 1. The highest BCUT2D eigenvalue weighted by Crippen LogP contribution is 2.36. The smallest absolute Gasteiger partial charge is 0.346 e. The van der Waals surface area contributed by atoms with E-state index >= 15 is 0 Å². The molecule has 1 unspecified atom stereocenters. The molecule has 3 rings (SSSR count). The van der Waals surface area contributed by atoms with Crippen LogP contribution >= 0.6 is 11.3 Å². The van der Waals surface area contributed by atoms with E-state index in [0.29, 0.717) is 5.84 Å². The Labute approximate surface area is 115 Å². The molecule has 19 heavy (non-hydrogen) atoms. The zero-order valence-electron chi connectivity index (χ0n) is 10.8. The Morgan fingerprint density at radius 2 is 2.11 bits per heavy atom. The summed E-state index contributed by atoms with van der Waals surface area (Å²) in [5, 5.41) is 3.22. The molecule has 1 aromatic heterocycles. The van der Waals surface area contributed by atoms with Crippen LogP contribution in [-0.2, 0) is 0 Å². The first-order chi connectivity index (χ1) is 9.09. The molecule has 0 saturated carbocycles. The van der Waals surface area contributed by atoms with Crippen LogP contribution in [0.25, 0.3) is 10.1 Å². The molecule has 4 nitrogen and oxygen atoms in total. The Hall–Kier alpha value is -1.88. The number of thiophene rings is 1. The molecule has 1 aliphatic heterocycles. The number of hydrogen-bond donors (Lipinski definition) is 1. The molecule has 2 heterocycles. The number of fused-ring (bicyclic) bond motifs is 1. The molecule has 1 aromatic carbocycles. The van der Waals surface area contributed by atoms with Crippen molar-refractivity contribution < 1.29 is 4.79 Å². The quantitative estimate of drug-likeness (QED) is 0.913. The van der Waals surface area contributed by atoms with Crippen LogP contribution < -0.4 is 5.73 Å². The summed E-state index contributed by atoms with van der Waals surface area (Å²) >= 11 is 1.67. The number of hydrogen-bond acceptors (Lipinski definition) is 3. The summed E-state index contributed by atoms with van der Waals surface area (Å²) in [5.41, 5.74) is 7.04. The van der Waals surface area contributed by atoms with Crippen LogP contribution in [0, 0.1) is 0 Å². The molecule has 0 bridgehead atoms.